The van der Waals surface area contributed by atoms with Gasteiger partial charge in [-0.05, 0) is 47.4 Å². The van der Waals surface area contributed by atoms with Crippen LogP contribution in [0.25, 0.3) is 0 Å². The lowest BCUT2D eigenvalue weighted by Gasteiger charge is -2.02. The van der Waals surface area contributed by atoms with Gasteiger partial charge in [-0.3, -0.25) is 8.94 Å². The van der Waals surface area contributed by atoms with Crippen molar-refractivity contribution in [3.63, 3.8) is 0 Å². The number of halogens is 3. The summed E-state index contributed by atoms with van der Waals surface area (Å²) in [5.41, 5.74) is 1.36. The third-order valence-electron chi connectivity index (χ3n) is 3.09. The molecular weight excluding hydrogens is 377 g/mol. The fraction of sp³-hybridized carbons (Fsp3) is 0.0667. The Hall–Kier alpha value is -1.53. The minimum Gasteiger partial charge on any atom is -0.263 e. The first kappa shape index (κ1) is 16.3. The molecule has 0 fully saturated rings. The summed E-state index contributed by atoms with van der Waals surface area (Å²) >= 11 is 18.9. The number of H-pyrrole nitrogens is 1. The van der Waals surface area contributed by atoms with Crippen LogP contribution < -0.4 is 10.5 Å². The van der Waals surface area contributed by atoms with E-state index in [4.69, 9.17) is 34.8 Å². The predicted molar refractivity (Wildman–Crippen MR) is 95.2 cm³/mol. The SMILES string of the molecule is O=c1[nH]sc(=Nc2ccc(Cl)c(Cl)c2)n1Cc1ccc(Cl)cc1. The van der Waals surface area contributed by atoms with Gasteiger partial charge in [-0.15, -0.1) is 0 Å². The molecule has 0 aliphatic heterocycles. The Balaban J connectivity index is 2.01. The molecule has 0 saturated heterocycles. The van der Waals surface area contributed by atoms with Crippen molar-refractivity contribution in [1.29, 1.82) is 0 Å². The second-order valence-electron chi connectivity index (χ2n) is 4.71. The van der Waals surface area contributed by atoms with E-state index in [1.807, 2.05) is 12.1 Å². The fourth-order valence-corrected chi connectivity index (χ4v) is 3.06. The average molecular weight is 387 g/mol. The van der Waals surface area contributed by atoms with E-state index in [1.165, 1.54) is 0 Å². The Morgan fingerprint density at radius 2 is 1.78 bits per heavy atom. The number of aromatic amines is 1. The lowest BCUT2D eigenvalue weighted by atomic mass is 10.2. The number of rotatable bonds is 3. The summed E-state index contributed by atoms with van der Waals surface area (Å²) in [5, 5.41) is 1.53. The molecule has 4 nitrogen and oxygen atoms in total. The quantitative estimate of drug-likeness (QED) is 0.709. The maximum atomic E-state index is 12.0. The van der Waals surface area contributed by atoms with Crippen molar-refractivity contribution in [2.24, 2.45) is 4.99 Å². The van der Waals surface area contributed by atoms with Crippen LogP contribution in [0.1, 0.15) is 5.56 Å². The number of aromatic nitrogens is 2. The minimum absolute atomic E-state index is 0.219. The van der Waals surface area contributed by atoms with Gasteiger partial charge in [0.2, 0.25) is 4.80 Å². The molecule has 0 amide bonds. The second kappa shape index (κ2) is 6.93. The van der Waals surface area contributed by atoms with Gasteiger partial charge in [0.05, 0.1) is 22.3 Å². The van der Waals surface area contributed by atoms with Crippen molar-refractivity contribution < 1.29 is 0 Å². The van der Waals surface area contributed by atoms with Crippen molar-refractivity contribution in [3.05, 3.63) is 78.4 Å². The van der Waals surface area contributed by atoms with E-state index in [2.05, 4.69) is 9.37 Å². The van der Waals surface area contributed by atoms with Crippen LogP contribution in [0.4, 0.5) is 5.69 Å². The lowest BCUT2D eigenvalue weighted by molar-refractivity contribution is 0.727. The smallest absolute Gasteiger partial charge is 0.263 e. The third kappa shape index (κ3) is 3.87. The van der Waals surface area contributed by atoms with Crippen molar-refractivity contribution in [3.8, 4) is 0 Å². The van der Waals surface area contributed by atoms with Gasteiger partial charge in [0.15, 0.2) is 0 Å². The van der Waals surface area contributed by atoms with Gasteiger partial charge in [0, 0.05) is 5.02 Å². The topological polar surface area (TPSA) is 50.1 Å². The van der Waals surface area contributed by atoms with E-state index < -0.39 is 0 Å². The van der Waals surface area contributed by atoms with E-state index in [-0.39, 0.29) is 5.69 Å². The minimum atomic E-state index is -0.219. The average Bonchev–Trinajstić information content (AvgIpc) is 2.86. The summed E-state index contributed by atoms with van der Waals surface area (Å²) in [6.45, 7) is 0.399. The fourth-order valence-electron chi connectivity index (χ4n) is 1.95. The highest BCUT2D eigenvalue weighted by Gasteiger charge is 2.05. The Bertz CT molecular complexity index is 957. The monoisotopic (exact) mass is 385 g/mol. The summed E-state index contributed by atoms with van der Waals surface area (Å²) in [4.78, 5) is 17.0. The van der Waals surface area contributed by atoms with Crippen molar-refractivity contribution >= 4 is 52.0 Å². The first-order valence-electron chi connectivity index (χ1n) is 6.55. The molecule has 0 atom stereocenters. The van der Waals surface area contributed by atoms with Gasteiger partial charge < -0.3 is 0 Å². The van der Waals surface area contributed by atoms with E-state index in [9.17, 15) is 4.79 Å². The molecule has 2 aromatic carbocycles. The summed E-state index contributed by atoms with van der Waals surface area (Å²) in [7, 11) is 0. The first-order valence-corrected chi connectivity index (χ1v) is 8.50. The van der Waals surface area contributed by atoms with Gasteiger partial charge in [-0.2, -0.15) is 0 Å². The maximum Gasteiger partial charge on any atom is 0.337 e. The van der Waals surface area contributed by atoms with E-state index >= 15 is 0 Å². The molecule has 8 heteroatoms. The molecule has 23 heavy (non-hydrogen) atoms. The zero-order valence-electron chi connectivity index (χ0n) is 11.6. The highest BCUT2D eigenvalue weighted by molar-refractivity contribution is 7.02. The molecule has 3 aromatic rings. The molecule has 1 aromatic heterocycles. The molecule has 118 valence electrons. The van der Waals surface area contributed by atoms with E-state index in [0.717, 1.165) is 17.1 Å². The van der Waals surface area contributed by atoms with Gasteiger partial charge in [-0.25, -0.2) is 9.79 Å². The Labute approximate surface area is 150 Å². The van der Waals surface area contributed by atoms with Crippen LogP contribution in [0.2, 0.25) is 15.1 Å². The molecule has 0 spiro atoms. The molecule has 0 radical (unpaired) electrons. The highest BCUT2D eigenvalue weighted by atomic mass is 35.5. The number of hydrogen-bond acceptors (Lipinski definition) is 3. The van der Waals surface area contributed by atoms with Crippen LogP contribution in [0, 0.1) is 0 Å². The van der Waals surface area contributed by atoms with Crippen LogP contribution in [-0.2, 0) is 6.54 Å². The Morgan fingerprint density at radius 3 is 2.48 bits per heavy atom. The molecule has 0 aliphatic rings. The first-order chi connectivity index (χ1) is 11.0. The molecular formula is C15H10Cl3N3OS. The van der Waals surface area contributed by atoms with Crippen LogP contribution in [0.3, 0.4) is 0 Å². The van der Waals surface area contributed by atoms with Gasteiger partial charge >= 0.3 is 5.69 Å². The number of hydrogen-bond donors (Lipinski definition) is 1. The van der Waals surface area contributed by atoms with Gasteiger partial charge in [0.1, 0.15) is 0 Å². The highest BCUT2D eigenvalue weighted by Crippen LogP contribution is 2.26. The number of nitrogens with one attached hydrogen (secondary N) is 1. The normalized spacial score (nSPS) is 11.9. The van der Waals surface area contributed by atoms with Gasteiger partial charge in [-0.1, -0.05) is 46.9 Å². The summed E-state index contributed by atoms with van der Waals surface area (Å²) < 4.78 is 4.24. The molecule has 1 heterocycles. The van der Waals surface area contributed by atoms with E-state index in [0.29, 0.717) is 32.1 Å². The van der Waals surface area contributed by atoms with Crippen molar-refractivity contribution in [2.45, 2.75) is 6.54 Å². The molecule has 1 N–H and O–H groups in total. The molecule has 0 bridgehead atoms. The van der Waals surface area contributed by atoms with E-state index in [1.54, 1.807) is 34.9 Å². The van der Waals surface area contributed by atoms with Crippen LogP contribution in [0.15, 0.2) is 52.3 Å². The maximum absolute atomic E-state index is 12.0. The van der Waals surface area contributed by atoms with Crippen LogP contribution in [-0.4, -0.2) is 8.94 Å². The molecule has 3 rings (SSSR count). The second-order valence-corrected chi connectivity index (χ2v) is 6.74. The largest absolute Gasteiger partial charge is 0.337 e. The molecule has 0 unspecified atom stereocenters. The third-order valence-corrected chi connectivity index (χ3v) is 4.85. The van der Waals surface area contributed by atoms with Crippen molar-refractivity contribution in [1.82, 2.24) is 8.94 Å². The Morgan fingerprint density at radius 1 is 1.04 bits per heavy atom. The Kier molecular flexibility index (Phi) is 4.92. The van der Waals surface area contributed by atoms with Crippen molar-refractivity contribution in [2.75, 3.05) is 0 Å². The van der Waals surface area contributed by atoms with Crippen LogP contribution in [0.5, 0.6) is 0 Å². The summed E-state index contributed by atoms with van der Waals surface area (Å²) in [6, 6.07) is 12.4. The molecule has 0 saturated carbocycles. The predicted octanol–water partition coefficient (Wildman–Crippen LogP) is 4.48. The zero-order valence-corrected chi connectivity index (χ0v) is 14.7. The van der Waals surface area contributed by atoms with Crippen LogP contribution >= 0.6 is 46.3 Å². The zero-order chi connectivity index (χ0) is 16.4. The lowest BCUT2D eigenvalue weighted by Crippen LogP contribution is -2.26. The number of nitrogens with zero attached hydrogens (tertiary/aromatic N) is 2. The number of benzene rings is 2. The summed E-state index contributed by atoms with van der Waals surface area (Å²) in [6.07, 6.45) is 0. The standard InChI is InChI=1S/C15H10Cl3N3OS/c16-10-3-1-9(2-4-10)8-21-14(22)20-23-15(21)19-11-5-6-12(17)13(18)7-11/h1-7H,8H2,(H,20,22). The molecule has 0 aliphatic carbocycles. The van der Waals surface area contributed by atoms with Gasteiger partial charge in [0.25, 0.3) is 0 Å². The summed E-state index contributed by atoms with van der Waals surface area (Å²) in [5.74, 6) is 0.